The van der Waals surface area contributed by atoms with Crippen molar-refractivity contribution in [2.75, 3.05) is 0 Å². The molecule has 0 heteroatoms. The molecule has 140 valence electrons. The van der Waals surface area contributed by atoms with E-state index in [-0.39, 0.29) is 0 Å². The predicted molar refractivity (Wildman–Crippen MR) is 108 cm³/mol. The lowest BCUT2D eigenvalue weighted by Crippen LogP contribution is -2.22. The molecule has 2 fully saturated rings. The Hall–Kier alpha value is -0.260. The van der Waals surface area contributed by atoms with Gasteiger partial charge in [-0.25, -0.2) is 0 Å². The molecule has 3 aliphatic rings. The molecule has 0 saturated heterocycles. The molecule has 0 spiro atoms. The molecule has 0 bridgehead atoms. The van der Waals surface area contributed by atoms with Crippen molar-refractivity contribution in [2.24, 2.45) is 11.8 Å². The SMILES string of the molecule is C1=CCCCCCCCCCCCC1.C1CCC2CCCCC2C1. The highest BCUT2D eigenvalue weighted by atomic mass is 14.3. The van der Waals surface area contributed by atoms with Gasteiger partial charge in [-0.2, -0.15) is 0 Å². The maximum Gasteiger partial charge on any atom is -0.0351 e. The third kappa shape index (κ3) is 9.28. The van der Waals surface area contributed by atoms with Gasteiger partial charge in [-0.3, -0.25) is 0 Å². The van der Waals surface area contributed by atoms with Crippen LogP contribution in [0.4, 0.5) is 0 Å². The van der Waals surface area contributed by atoms with E-state index < -0.39 is 0 Å². The second-order valence-corrected chi connectivity index (χ2v) is 8.67. The van der Waals surface area contributed by atoms with Crippen LogP contribution in [0.15, 0.2) is 12.2 Å². The van der Waals surface area contributed by atoms with Crippen molar-refractivity contribution in [3.05, 3.63) is 12.2 Å². The quantitative estimate of drug-likeness (QED) is 0.389. The fourth-order valence-corrected chi connectivity index (χ4v) is 5.03. The van der Waals surface area contributed by atoms with Gasteiger partial charge < -0.3 is 0 Å². The minimum Gasteiger partial charge on any atom is -0.0885 e. The molecule has 2 saturated carbocycles. The van der Waals surface area contributed by atoms with E-state index in [1.165, 1.54) is 103 Å². The summed E-state index contributed by atoms with van der Waals surface area (Å²) in [5.41, 5.74) is 0. The minimum atomic E-state index is 1.16. The van der Waals surface area contributed by atoms with Gasteiger partial charge in [-0.1, -0.05) is 115 Å². The predicted octanol–water partition coefficient (Wildman–Crippen LogP) is 8.60. The Labute approximate surface area is 152 Å². The molecule has 0 aromatic heterocycles. The van der Waals surface area contributed by atoms with Crippen LogP contribution in [-0.2, 0) is 0 Å². The third-order valence-corrected chi connectivity index (χ3v) is 6.62. The average molecular weight is 333 g/mol. The van der Waals surface area contributed by atoms with Crippen molar-refractivity contribution in [1.82, 2.24) is 0 Å². The Kier molecular flexibility index (Phi) is 11.7. The zero-order chi connectivity index (χ0) is 16.7. The molecular weight excluding hydrogens is 288 g/mol. The number of hydrogen-bond acceptors (Lipinski definition) is 0. The first-order valence-electron chi connectivity index (χ1n) is 11.6. The lowest BCUT2D eigenvalue weighted by molar-refractivity contribution is 0.171. The van der Waals surface area contributed by atoms with Crippen molar-refractivity contribution in [3.8, 4) is 0 Å². The highest BCUT2D eigenvalue weighted by molar-refractivity contribution is 4.81. The molecule has 0 unspecified atom stereocenters. The average Bonchev–Trinajstić information content (AvgIpc) is 2.64. The van der Waals surface area contributed by atoms with Crippen LogP contribution >= 0.6 is 0 Å². The first kappa shape index (κ1) is 20.1. The molecule has 0 atom stereocenters. The Bertz CT molecular complexity index is 261. The molecule has 0 N–H and O–H groups in total. The Balaban J connectivity index is 0.000000182. The summed E-state index contributed by atoms with van der Waals surface area (Å²) in [6.45, 7) is 0. The van der Waals surface area contributed by atoms with Crippen molar-refractivity contribution < 1.29 is 0 Å². The third-order valence-electron chi connectivity index (χ3n) is 6.62. The van der Waals surface area contributed by atoms with Crippen LogP contribution in [0, 0.1) is 11.8 Å². The zero-order valence-corrected chi connectivity index (χ0v) is 16.5. The van der Waals surface area contributed by atoms with Gasteiger partial charge in [-0.15, -0.1) is 0 Å². The van der Waals surface area contributed by atoms with Crippen LogP contribution in [-0.4, -0.2) is 0 Å². The van der Waals surface area contributed by atoms with Gasteiger partial charge in [0.05, 0.1) is 0 Å². The highest BCUT2D eigenvalue weighted by Crippen LogP contribution is 2.40. The lowest BCUT2D eigenvalue weighted by atomic mass is 9.71. The topological polar surface area (TPSA) is 0 Å². The largest absolute Gasteiger partial charge is 0.0885 e. The molecule has 0 aliphatic heterocycles. The van der Waals surface area contributed by atoms with Gasteiger partial charge in [0, 0.05) is 0 Å². The van der Waals surface area contributed by atoms with Crippen molar-refractivity contribution in [1.29, 1.82) is 0 Å². The fourth-order valence-electron chi connectivity index (χ4n) is 5.03. The summed E-state index contributed by atoms with van der Waals surface area (Å²) in [4.78, 5) is 0. The number of fused-ring (bicyclic) bond motifs is 1. The van der Waals surface area contributed by atoms with E-state index in [2.05, 4.69) is 12.2 Å². The van der Waals surface area contributed by atoms with E-state index in [9.17, 15) is 0 Å². The molecule has 0 amide bonds. The minimum absolute atomic E-state index is 1.16. The maximum atomic E-state index is 2.39. The van der Waals surface area contributed by atoms with Gasteiger partial charge >= 0.3 is 0 Å². The summed E-state index contributed by atoms with van der Waals surface area (Å²) >= 11 is 0. The summed E-state index contributed by atoms with van der Waals surface area (Å²) in [6, 6.07) is 0. The first-order valence-corrected chi connectivity index (χ1v) is 11.6. The van der Waals surface area contributed by atoms with Gasteiger partial charge in [0.25, 0.3) is 0 Å². The smallest absolute Gasteiger partial charge is 0.0351 e. The summed E-state index contributed by atoms with van der Waals surface area (Å²) < 4.78 is 0. The summed E-state index contributed by atoms with van der Waals surface area (Å²) in [5, 5.41) is 0. The van der Waals surface area contributed by atoms with Crippen LogP contribution in [0.3, 0.4) is 0 Å². The molecule has 3 rings (SSSR count). The van der Waals surface area contributed by atoms with E-state index >= 15 is 0 Å². The molecular formula is C24H44. The first-order chi connectivity index (χ1) is 12.0. The molecule has 3 aliphatic carbocycles. The van der Waals surface area contributed by atoms with Crippen molar-refractivity contribution in [3.63, 3.8) is 0 Å². The Morgan fingerprint density at radius 2 is 0.625 bits per heavy atom. The number of allylic oxidation sites excluding steroid dienone is 2. The van der Waals surface area contributed by atoms with E-state index in [1.807, 2.05) is 0 Å². The van der Waals surface area contributed by atoms with Crippen molar-refractivity contribution in [2.45, 2.75) is 128 Å². The molecule has 0 aromatic rings. The second-order valence-electron chi connectivity index (χ2n) is 8.67. The van der Waals surface area contributed by atoms with Gasteiger partial charge in [0.15, 0.2) is 0 Å². The van der Waals surface area contributed by atoms with Gasteiger partial charge in [-0.05, 0) is 37.5 Å². The standard InChI is InChI=1S/C14H26.C10H18/c1-2-4-6-8-10-12-14-13-11-9-7-5-3-1;1-2-6-10-8-4-3-7-9(10)5-1/h1-2H,3-14H2;9-10H,1-8H2. The highest BCUT2D eigenvalue weighted by Gasteiger charge is 2.26. The molecule has 0 nitrogen and oxygen atoms in total. The monoisotopic (exact) mass is 332 g/mol. The summed E-state index contributed by atoms with van der Waals surface area (Å²) in [5.74, 6) is 2.31. The van der Waals surface area contributed by atoms with E-state index in [1.54, 1.807) is 25.7 Å². The van der Waals surface area contributed by atoms with Crippen LogP contribution in [0.2, 0.25) is 0 Å². The van der Waals surface area contributed by atoms with E-state index in [0.29, 0.717) is 0 Å². The lowest BCUT2D eigenvalue weighted by Gasteiger charge is -2.35. The number of hydrogen-bond donors (Lipinski definition) is 0. The fraction of sp³-hybridized carbons (Fsp3) is 0.917. The number of rotatable bonds is 0. The molecule has 24 heavy (non-hydrogen) atoms. The maximum absolute atomic E-state index is 2.39. The van der Waals surface area contributed by atoms with Crippen LogP contribution in [0.1, 0.15) is 128 Å². The normalized spacial score (nSPS) is 30.3. The Morgan fingerprint density at radius 1 is 0.333 bits per heavy atom. The molecule has 0 radical (unpaired) electrons. The zero-order valence-electron chi connectivity index (χ0n) is 16.5. The van der Waals surface area contributed by atoms with Crippen molar-refractivity contribution >= 4 is 0 Å². The van der Waals surface area contributed by atoms with Crippen LogP contribution in [0.5, 0.6) is 0 Å². The van der Waals surface area contributed by atoms with Crippen LogP contribution < -0.4 is 0 Å². The molecule has 0 aromatic carbocycles. The van der Waals surface area contributed by atoms with Crippen LogP contribution in [0.25, 0.3) is 0 Å². The van der Waals surface area contributed by atoms with Gasteiger partial charge in [0.2, 0.25) is 0 Å². The van der Waals surface area contributed by atoms with E-state index in [0.717, 1.165) is 11.8 Å². The van der Waals surface area contributed by atoms with E-state index in [4.69, 9.17) is 0 Å². The summed E-state index contributed by atoms with van der Waals surface area (Å²) in [6.07, 6.45) is 34.4. The molecule has 0 heterocycles. The summed E-state index contributed by atoms with van der Waals surface area (Å²) in [7, 11) is 0. The second kappa shape index (κ2) is 14.0. The Morgan fingerprint density at radius 3 is 0.958 bits per heavy atom. The van der Waals surface area contributed by atoms with Gasteiger partial charge in [0.1, 0.15) is 0 Å².